The van der Waals surface area contributed by atoms with Crippen LogP contribution in [0.3, 0.4) is 0 Å². The van der Waals surface area contributed by atoms with Gasteiger partial charge in [-0.1, -0.05) is 12.8 Å². The Labute approximate surface area is 161 Å². The number of hydrogen-bond acceptors (Lipinski definition) is 5. The molecule has 2 aliphatic rings. The van der Waals surface area contributed by atoms with Crippen LogP contribution in [0.4, 0.5) is 0 Å². The molecule has 0 bridgehead atoms. The lowest BCUT2D eigenvalue weighted by Crippen LogP contribution is -2.57. The first-order valence-corrected chi connectivity index (χ1v) is 11.1. The van der Waals surface area contributed by atoms with Gasteiger partial charge in [0.15, 0.2) is 5.96 Å². The van der Waals surface area contributed by atoms with Crippen LogP contribution in [-0.4, -0.2) is 59.1 Å². The number of oxazole rings is 1. The molecule has 26 heavy (non-hydrogen) atoms. The van der Waals surface area contributed by atoms with Gasteiger partial charge in [0.05, 0.1) is 5.69 Å². The van der Waals surface area contributed by atoms with E-state index in [1.54, 1.807) is 0 Å². The maximum absolute atomic E-state index is 5.65. The maximum Gasteiger partial charge on any atom is 0.216 e. The van der Waals surface area contributed by atoms with Crippen LogP contribution in [0.15, 0.2) is 9.41 Å². The van der Waals surface area contributed by atoms with Crippen LogP contribution < -0.4 is 10.6 Å². The molecule has 2 fully saturated rings. The number of hydrogen-bond donors (Lipinski definition) is 2. The van der Waals surface area contributed by atoms with E-state index >= 15 is 0 Å². The molecule has 1 aliphatic carbocycles. The number of aryl methyl sites for hydroxylation is 2. The van der Waals surface area contributed by atoms with Crippen LogP contribution in [0.25, 0.3) is 0 Å². The van der Waals surface area contributed by atoms with Crippen molar-refractivity contribution in [2.24, 2.45) is 4.99 Å². The van der Waals surface area contributed by atoms with Crippen molar-refractivity contribution in [2.75, 3.05) is 37.7 Å². The van der Waals surface area contributed by atoms with Gasteiger partial charge in [-0.3, -0.25) is 4.90 Å². The molecular formula is C19H33N5OS. The van der Waals surface area contributed by atoms with E-state index in [0.717, 1.165) is 30.5 Å². The Morgan fingerprint density at radius 2 is 1.96 bits per heavy atom. The molecule has 1 aromatic rings. The zero-order chi connectivity index (χ0) is 18.4. The third-order valence-electron chi connectivity index (χ3n) is 5.59. The van der Waals surface area contributed by atoms with Gasteiger partial charge >= 0.3 is 0 Å². The normalized spacial score (nSPS) is 21.1. The molecule has 2 N–H and O–H groups in total. The smallest absolute Gasteiger partial charge is 0.216 e. The molecule has 1 aromatic heterocycles. The Hall–Kier alpha value is -1.21. The average molecular weight is 380 g/mol. The molecule has 0 radical (unpaired) electrons. The highest BCUT2D eigenvalue weighted by Gasteiger charge is 2.39. The zero-order valence-electron chi connectivity index (χ0n) is 16.4. The van der Waals surface area contributed by atoms with Crippen LogP contribution in [0.1, 0.15) is 50.0 Å². The van der Waals surface area contributed by atoms with E-state index in [1.807, 2.05) is 13.8 Å². The van der Waals surface area contributed by atoms with E-state index in [0.29, 0.717) is 18.0 Å². The van der Waals surface area contributed by atoms with Gasteiger partial charge in [-0.25, -0.2) is 9.98 Å². The number of guanidine groups is 1. The summed E-state index contributed by atoms with van der Waals surface area (Å²) in [5.41, 5.74) is 1.24. The lowest BCUT2D eigenvalue weighted by atomic mass is 9.94. The van der Waals surface area contributed by atoms with Gasteiger partial charge in [0.2, 0.25) is 5.89 Å². The molecule has 2 heterocycles. The number of thioether (sulfide) groups is 1. The summed E-state index contributed by atoms with van der Waals surface area (Å²) in [5, 5.41) is 6.98. The first-order chi connectivity index (χ1) is 12.6. The summed E-state index contributed by atoms with van der Waals surface area (Å²) in [6.07, 6.45) is 5.27. The Morgan fingerprint density at radius 1 is 1.23 bits per heavy atom. The molecule has 1 aliphatic heterocycles. The van der Waals surface area contributed by atoms with Crippen molar-refractivity contribution in [2.45, 2.75) is 58.5 Å². The van der Waals surface area contributed by atoms with Crippen LogP contribution in [0.2, 0.25) is 0 Å². The second-order valence-electron chi connectivity index (χ2n) is 7.33. The second-order valence-corrected chi connectivity index (χ2v) is 8.55. The number of aromatic nitrogens is 1. The summed E-state index contributed by atoms with van der Waals surface area (Å²) >= 11 is 2.08. The summed E-state index contributed by atoms with van der Waals surface area (Å²) in [7, 11) is 0. The third-order valence-corrected chi connectivity index (χ3v) is 6.53. The van der Waals surface area contributed by atoms with Crippen molar-refractivity contribution < 1.29 is 4.42 Å². The van der Waals surface area contributed by atoms with Crippen LogP contribution in [-0.2, 0) is 6.54 Å². The fourth-order valence-electron chi connectivity index (χ4n) is 4.02. The monoisotopic (exact) mass is 379 g/mol. The molecule has 146 valence electrons. The minimum atomic E-state index is 0.299. The lowest BCUT2D eigenvalue weighted by molar-refractivity contribution is 0.107. The van der Waals surface area contributed by atoms with Crippen molar-refractivity contribution >= 4 is 17.7 Å². The highest BCUT2D eigenvalue weighted by Crippen LogP contribution is 2.36. The SMILES string of the molecule is CCNC(=NCc1nc(C)c(C)o1)NCC1(N2CCSCC2)CCCC1. The number of aliphatic imine (C=N–C) groups is 1. The molecule has 1 saturated heterocycles. The minimum absolute atomic E-state index is 0.299. The van der Waals surface area contributed by atoms with Gasteiger partial charge < -0.3 is 15.1 Å². The molecule has 0 aromatic carbocycles. The molecule has 0 spiro atoms. The van der Waals surface area contributed by atoms with Crippen LogP contribution in [0.5, 0.6) is 0 Å². The van der Waals surface area contributed by atoms with Gasteiger partial charge in [-0.15, -0.1) is 0 Å². The van der Waals surface area contributed by atoms with E-state index in [4.69, 9.17) is 9.41 Å². The average Bonchev–Trinajstić information content (AvgIpc) is 3.26. The Bertz CT molecular complexity index is 584. The third kappa shape index (κ3) is 4.74. The number of nitrogens with one attached hydrogen (secondary N) is 2. The van der Waals surface area contributed by atoms with Gasteiger partial charge in [0, 0.05) is 43.2 Å². The summed E-state index contributed by atoms with van der Waals surface area (Å²) in [5.74, 6) is 4.94. The predicted molar refractivity (Wildman–Crippen MR) is 109 cm³/mol. The number of nitrogens with zero attached hydrogens (tertiary/aromatic N) is 3. The topological polar surface area (TPSA) is 65.7 Å². The van der Waals surface area contributed by atoms with Crippen molar-refractivity contribution in [3.05, 3.63) is 17.3 Å². The zero-order valence-corrected chi connectivity index (χ0v) is 17.3. The van der Waals surface area contributed by atoms with Crippen molar-refractivity contribution in [1.29, 1.82) is 0 Å². The molecule has 0 atom stereocenters. The standard InChI is InChI=1S/C19H33N5OS/c1-4-20-18(21-13-17-23-15(2)16(3)25-17)22-14-19(7-5-6-8-19)24-9-11-26-12-10-24/h4-14H2,1-3H3,(H2,20,21,22). The van der Waals surface area contributed by atoms with Crippen LogP contribution >= 0.6 is 11.8 Å². The van der Waals surface area contributed by atoms with E-state index < -0.39 is 0 Å². The Balaban J connectivity index is 1.63. The molecule has 6 nitrogen and oxygen atoms in total. The lowest BCUT2D eigenvalue weighted by Gasteiger charge is -2.43. The highest BCUT2D eigenvalue weighted by atomic mass is 32.2. The molecule has 7 heteroatoms. The van der Waals surface area contributed by atoms with Gasteiger partial charge in [-0.2, -0.15) is 11.8 Å². The summed E-state index contributed by atoms with van der Waals surface area (Å²) in [4.78, 5) is 11.8. The molecule has 0 amide bonds. The molecule has 1 saturated carbocycles. The highest BCUT2D eigenvalue weighted by molar-refractivity contribution is 7.99. The second kappa shape index (κ2) is 9.13. The summed E-state index contributed by atoms with van der Waals surface area (Å²) < 4.78 is 5.65. The first-order valence-electron chi connectivity index (χ1n) is 9.91. The summed E-state index contributed by atoms with van der Waals surface area (Å²) in [6.45, 7) is 10.7. The van der Waals surface area contributed by atoms with Gasteiger partial charge in [0.25, 0.3) is 0 Å². The van der Waals surface area contributed by atoms with Gasteiger partial charge in [0.1, 0.15) is 12.3 Å². The van der Waals surface area contributed by atoms with Crippen molar-refractivity contribution in [3.63, 3.8) is 0 Å². The Kier molecular flexibility index (Phi) is 6.86. The number of rotatable bonds is 6. The fraction of sp³-hybridized carbons (Fsp3) is 0.789. The molecule has 3 rings (SSSR count). The van der Waals surface area contributed by atoms with E-state index in [9.17, 15) is 0 Å². The fourth-order valence-corrected chi connectivity index (χ4v) is 4.92. The van der Waals surface area contributed by atoms with Crippen LogP contribution in [0, 0.1) is 13.8 Å². The van der Waals surface area contributed by atoms with E-state index in [1.165, 1.54) is 50.3 Å². The van der Waals surface area contributed by atoms with E-state index in [2.05, 4.69) is 39.2 Å². The minimum Gasteiger partial charge on any atom is -0.444 e. The Morgan fingerprint density at radius 3 is 2.58 bits per heavy atom. The predicted octanol–water partition coefficient (Wildman–Crippen LogP) is 2.71. The molecule has 0 unspecified atom stereocenters. The van der Waals surface area contributed by atoms with Crippen molar-refractivity contribution in [3.8, 4) is 0 Å². The maximum atomic E-state index is 5.65. The van der Waals surface area contributed by atoms with E-state index in [-0.39, 0.29) is 0 Å². The molecular weight excluding hydrogens is 346 g/mol. The largest absolute Gasteiger partial charge is 0.444 e. The summed E-state index contributed by atoms with van der Waals surface area (Å²) in [6, 6.07) is 0. The first kappa shape index (κ1) is 19.5. The quantitative estimate of drug-likeness (QED) is 0.585. The van der Waals surface area contributed by atoms with Crippen molar-refractivity contribution in [1.82, 2.24) is 20.5 Å². The van der Waals surface area contributed by atoms with Gasteiger partial charge in [-0.05, 0) is 33.6 Å².